The van der Waals surface area contributed by atoms with Gasteiger partial charge in [-0.3, -0.25) is 4.98 Å². The van der Waals surface area contributed by atoms with Gasteiger partial charge >= 0.3 is 0 Å². The van der Waals surface area contributed by atoms with Crippen LogP contribution in [0.25, 0.3) is 10.9 Å². The van der Waals surface area contributed by atoms with Crippen molar-refractivity contribution in [3.8, 4) is 0 Å². The zero-order valence-electron chi connectivity index (χ0n) is 9.98. The Morgan fingerprint density at radius 1 is 1.19 bits per heavy atom. The summed E-state index contributed by atoms with van der Waals surface area (Å²) in [7, 11) is 1.94. The first-order valence-electron chi connectivity index (χ1n) is 5.29. The Hall–Kier alpha value is -1.28. The molecule has 1 aromatic carbocycles. The summed E-state index contributed by atoms with van der Waals surface area (Å²) in [6.07, 6.45) is 0. The van der Waals surface area contributed by atoms with Crippen LogP contribution in [-0.4, -0.2) is 12.0 Å². The second-order valence-electron chi connectivity index (χ2n) is 4.07. The molecule has 0 saturated heterocycles. The van der Waals surface area contributed by atoms with Crippen LogP contribution in [-0.2, 0) is 0 Å². The predicted molar refractivity (Wildman–Crippen MR) is 70.5 cm³/mol. The number of aryl methyl sites for hydroxylation is 2. The Bertz CT molecular complexity index is 556. The Balaban J connectivity index is 2.91. The van der Waals surface area contributed by atoms with Gasteiger partial charge in [0.2, 0.25) is 0 Å². The lowest BCUT2D eigenvalue weighted by Gasteiger charge is -2.13. The van der Waals surface area contributed by atoms with Crippen molar-refractivity contribution in [2.24, 2.45) is 0 Å². The van der Waals surface area contributed by atoms with Gasteiger partial charge in [0, 0.05) is 28.8 Å². The second kappa shape index (κ2) is 3.95. The van der Waals surface area contributed by atoms with Crippen LogP contribution in [0.3, 0.4) is 0 Å². The van der Waals surface area contributed by atoms with Gasteiger partial charge in [0.15, 0.2) is 0 Å². The Kier molecular flexibility index (Phi) is 2.76. The van der Waals surface area contributed by atoms with Gasteiger partial charge in [0.05, 0.1) is 5.52 Å². The van der Waals surface area contributed by atoms with Crippen molar-refractivity contribution in [1.29, 1.82) is 0 Å². The number of hydrogen-bond donors (Lipinski definition) is 1. The summed E-state index contributed by atoms with van der Waals surface area (Å²) >= 11 is 6.11. The molecule has 3 heteroatoms. The van der Waals surface area contributed by atoms with Crippen LogP contribution >= 0.6 is 11.6 Å². The summed E-state index contributed by atoms with van der Waals surface area (Å²) in [5.41, 5.74) is 5.40. The zero-order chi connectivity index (χ0) is 11.9. The highest BCUT2D eigenvalue weighted by Gasteiger charge is 2.09. The lowest BCUT2D eigenvalue weighted by molar-refractivity contribution is 1.19. The molecule has 0 aliphatic rings. The number of rotatable bonds is 1. The monoisotopic (exact) mass is 234 g/mol. The first-order valence-corrected chi connectivity index (χ1v) is 5.67. The fourth-order valence-electron chi connectivity index (χ4n) is 1.93. The van der Waals surface area contributed by atoms with Crippen molar-refractivity contribution in [2.75, 3.05) is 12.4 Å². The molecule has 0 amide bonds. The fourth-order valence-corrected chi connectivity index (χ4v) is 2.09. The van der Waals surface area contributed by atoms with Gasteiger partial charge in [-0.05, 0) is 44.0 Å². The number of aromatic nitrogens is 1. The quantitative estimate of drug-likeness (QED) is 0.811. The molecule has 0 bridgehead atoms. The number of fused-ring (bicyclic) bond motifs is 1. The zero-order valence-corrected chi connectivity index (χ0v) is 10.7. The van der Waals surface area contributed by atoms with Crippen LogP contribution in [0.4, 0.5) is 5.69 Å². The molecule has 0 radical (unpaired) electrons. The minimum atomic E-state index is 0.769. The highest BCUT2D eigenvalue weighted by atomic mass is 35.5. The van der Waals surface area contributed by atoms with E-state index in [0.29, 0.717) is 0 Å². The van der Waals surface area contributed by atoms with E-state index >= 15 is 0 Å². The van der Waals surface area contributed by atoms with Crippen molar-refractivity contribution >= 4 is 28.2 Å². The number of nitrogens with zero attached hydrogens (tertiary/aromatic N) is 1. The van der Waals surface area contributed by atoms with E-state index in [1.54, 1.807) is 0 Å². The van der Waals surface area contributed by atoms with E-state index in [1.165, 1.54) is 5.56 Å². The van der Waals surface area contributed by atoms with Gasteiger partial charge < -0.3 is 5.32 Å². The van der Waals surface area contributed by atoms with Crippen LogP contribution in [0.15, 0.2) is 12.1 Å². The van der Waals surface area contributed by atoms with Gasteiger partial charge in [-0.15, -0.1) is 0 Å². The third-order valence-corrected chi connectivity index (χ3v) is 3.41. The summed E-state index contributed by atoms with van der Waals surface area (Å²) in [6.45, 7) is 6.11. The Labute approximate surface area is 101 Å². The number of nitrogens with one attached hydrogen (secondary N) is 1. The molecule has 0 spiro atoms. The van der Waals surface area contributed by atoms with Crippen LogP contribution < -0.4 is 5.32 Å². The predicted octanol–water partition coefficient (Wildman–Crippen LogP) is 3.86. The Morgan fingerprint density at radius 2 is 1.88 bits per heavy atom. The summed E-state index contributed by atoms with van der Waals surface area (Å²) in [4.78, 5) is 4.56. The van der Waals surface area contributed by atoms with Gasteiger partial charge in [-0.2, -0.15) is 0 Å². The van der Waals surface area contributed by atoms with Crippen molar-refractivity contribution in [1.82, 2.24) is 4.98 Å². The van der Waals surface area contributed by atoms with Crippen molar-refractivity contribution in [3.05, 3.63) is 34.0 Å². The molecule has 0 unspecified atom stereocenters. The second-order valence-corrected chi connectivity index (χ2v) is 4.47. The average molecular weight is 235 g/mol. The molecule has 0 fully saturated rings. The van der Waals surface area contributed by atoms with E-state index in [1.807, 2.05) is 27.0 Å². The van der Waals surface area contributed by atoms with E-state index in [4.69, 9.17) is 11.6 Å². The molecule has 0 saturated carbocycles. The Morgan fingerprint density at radius 3 is 2.50 bits per heavy atom. The number of benzene rings is 1. The fraction of sp³-hybridized carbons (Fsp3) is 0.308. The smallest absolute Gasteiger partial charge is 0.0741 e. The maximum atomic E-state index is 6.11. The highest BCUT2D eigenvalue weighted by Crippen LogP contribution is 2.31. The van der Waals surface area contributed by atoms with Crippen LogP contribution in [0.1, 0.15) is 16.8 Å². The number of anilines is 1. The van der Waals surface area contributed by atoms with Crippen LogP contribution in [0.5, 0.6) is 0 Å². The van der Waals surface area contributed by atoms with Crippen LogP contribution in [0.2, 0.25) is 5.02 Å². The van der Waals surface area contributed by atoms with Gasteiger partial charge in [0.1, 0.15) is 0 Å². The molecular weight excluding hydrogens is 220 g/mol. The minimum absolute atomic E-state index is 0.769. The molecule has 0 aliphatic heterocycles. The maximum Gasteiger partial charge on any atom is 0.0741 e. The summed E-state index contributed by atoms with van der Waals surface area (Å²) in [6, 6.07) is 4.02. The van der Waals surface area contributed by atoms with Gasteiger partial charge in [-0.1, -0.05) is 11.6 Å². The third-order valence-electron chi connectivity index (χ3n) is 3.00. The summed E-state index contributed by atoms with van der Waals surface area (Å²) in [5, 5.41) is 5.14. The van der Waals surface area contributed by atoms with Gasteiger partial charge in [-0.25, -0.2) is 0 Å². The molecule has 0 aliphatic carbocycles. The first kappa shape index (κ1) is 11.2. The van der Waals surface area contributed by atoms with E-state index in [9.17, 15) is 0 Å². The van der Waals surface area contributed by atoms with Crippen LogP contribution in [0, 0.1) is 20.8 Å². The van der Waals surface area contributed by atoms with E-state index in [2.05, 4.69) is 23.3 Å². The average Bonchev–Trinajstić information content (AvgIpc) is 2.24. The van der Waals surface area contributed by atoms with Crippen molar-refractivity contribution in [2.45, 2.75) is 20.8 Å². The van der Waals surface area contributed by atoms with Crippen molar-refractivity contribution in [3.63, 3.8) is 0 Å². The molecule has 1 aromatic heterocycles. The minimum Gasteiger partial charge on any atom is -0.387 e. The topological polar surface area (TPSA) is 24.9 Å². The number of halogens is 1. The lowest BCUT2D eigenvalue weighted by atomic mass is 10.1. The lowest BCUT2D eigenvalue weighted by Crippen LogP contribution is -1.99. The first-order chi connectivity index (χ1) is 7.54. The number of pyridine rings is 1. The summed E-state index contributed by atoms with van der Waals surface area (Å²) < 4.78 is 0. The molecule has 2 nitrogen and oxygen atoms in total. The molecule has 0 atom stereocenters. The number of hydrogen-bond acceptors (Lipinski definition) is 2. The molecule has 84 valence electrons. The normalized spacial score (nSPS) is 10.8. The maximum absolute atomic E-state index is 6.11. The van der Waals surface area contributed by atoms with Crippen molar-refractivity contribution < 1.29 is 0 Å². The standard InChI is InChI=1S/C13H15ClN2/c1-7-5-10-12(6-11(7)14)16-9(3)8(2)13(10)15-4/h5-6H,1-4H3,(H,15,16). The molecule has 1 N–H and O–H groups in total. The highest BCUT2D eigenvalue weighted by molar-refractivity contribution is 6.32. The SMILES string of the molecule is CNc1c(C)c(C)nc2cc(Cl)c(C)cc12. The molecule has 2 aromatic rings. The largest absolute Gasteiger partial charge is 0.387 e. The molecule has 16 heavy (non-hydrogen) atoms. The molecular formula is C13H15ClN2. The summed E-state index contributed by atoms with van der Waals surface area (Å²) in [5.74, 6) is 0. The van der Waals surface area contributed by atoms with E-state index in [0.717, 1.165) is 32.9 Å². The van der Waals surface area contributed by atoms with E-state index < -0.39 is 0 Å². The molecule has 2 rings (SSSR count). The van der Waals surface area contributed by atoms with E-state index in [-0.39, 0.29) is 0 Å². The molecule has 1 heterocycles. The van der Waals surface area contributed by atoms with Gasteiger partial charge in [0.25, 0.3) is 0 Å². The third kappa shape index (κ3) is 1.63.